The number of ether oxygens (including phenoxy) is 2. The first-order valence-electron chi connectivity index (χ1n) is 10.8. The highest BCUT2D eigenvalue weighted by Gasteiger charge is 2.27. The topological polar surface area (TPSA) is 93.5 Å². The molecular formula is C25H20ClN5O3. The van der Waals surface area contributed by atoms with Gasteiger partial charge in [0, 0.05) is 17.8 Å². The summed E-state index contributed by atoms with van der Waals surface area (Å²) in [7, 11) is 0. The molecule has 0 amide bonds. The van der Waals surface area contributed by atoms with Crippen molar-refractivity contribution in [1.29, 1.82) is 0 Å². The average Bonchev–Trinajstić information content (AvgIpc) is 3.30. The van der Waals surface area contributed by atoms with E-state index >= 15 is 0 Å². The predicted molar refractivity (Wildman–Crippen MR) is 128 cm³/mol. The minimum absolute atomic E-state index is 0.0213. The Morgan fingerprint density at radius 1 is 1.15 bits per heavy atom. The van der Waals surface area contributed by atoms with Crippen LogP contribution >= 0.6 is 11.6 Å². The summed E-state index contributed by atoms with van der Waals surface area (Å²) in [4.78, 5) is 28.6. The van der Waals surface area contributed by atoms with E-state index in [0.29, 0.717) is 52.5 Å². The monoisotopic (exact) mass is 473 g/mol. The van der Waals surface area contributed by atoms with Gasteiger partial charge in [0.15, 0.2) is 5.78 Å². The van der Waals surface area contributed by atoms with Crippen molar-refractivity contribution in [3.8, 4) is 11.5 Å². The van der Waals surface area contributed by atoms with Crippen molar-refractivity contribution in [2.45, 2.75) is 25.1 Å². The van der Waals surface area contributed by atoms with Crippen molar-refractivity contribution in [1.82, 2.24) is 15.0 Å². The van der Waals surface area contributed by atoms with E-state index in [1.54, 1.807) is 24.4 Å². The largest absolute Gasteiger partial charge is 0.457 e. The Morgan fingerprint density at radius 2 is 2.00 bits per heavy atom. The fourth-order valence-corrected chi connectivity index (χ4v) is 4.17. The molecule has 1 aliphatic rings. The second-order valence-electron chi connectivity index (χ2n) is 7.87. The quantitative estimate of drug-likeness (QED) is 0.285. The van der Waals surface area contributed by atoms with Gasteiger partial charge < -0.3 is 19.8 Å². The molecule has 0 aliphatic carbocycles. The van der Waals surface area contributed by atoms with E-state index in [0.717, 1.165) is 6.42 Å². The van der Waals surface area contributed by atoms with Crippen molar-refractivity contribution in [2.24, 2.45) is 0 Å². The number of halogens is 1. The SMILES string of the molecule is [C-]#[N+][C@@H]1CC[C@@H](Nc2ncnc3[nH]cc(C(=O)c4ccc(Oc5ccccc5)cc4Cl)c23)CO1. The molecule has 1 fully saturated rings. The van der Waals surface area contributed by atoms with Crippen LogP contribution in [0, 0.1) is 6.57 Å². The molecule has 0 spiro atoms. The highest BCUT2D eigenvalue weighted by Crippen LogP contribution is 2.32. The molecule has 2 atom stereocenters. The van der Waals surface area contributed by atoms with E-state index in [1.165, 1.54) is 6.33 Å². The van der Waals surface area contributed by atoms with E-state index in [-0.39, 0.29) is 16.8 Å². The standard InChI is InChI=1S/C25H20ClN5O3/c1-27-21-10-7-15(13-33-21)31-25-22-19(12-28-24(22)29-14-30-25)23(32)18-9-8-17(11-20(18)26)34-16-5-3-2-4-6-16/h2-6,8-9,11-12,14-15,21H,7,10,13H2,(H2,28,29,30,31)/t15-,21+/m1/s1. The number of fused-ring (bicyclic) bond motifs is 1. The molecule has 170 valence electrons. The lowest BCUT2D eigenvalue weighted by Gasteiger charge is -2.24. The number of aromatic amines is 1. The number of hydrogen-bond donors (Lipinski definition) is 2. The highest BCUT2D eigenvalue weighted by molar-refractivity contribution is 6.35. The van der Waals surface area contributed by atoms with Crippen molar-refractivity contribution in [2.75, 3.05) is 11.9 Å². The summed E-state index contributed by atoms with van der Waals surface area (Å²) in [5, 5.41) is 4.21. The molecule has 0 radical (unpaired) electrons. The number of carbonyl (C=O) groups excluding carboxylic acids is 1. The van der Waals surface area contributed by atoms with E-state index < -0.39 is 6.23 Å². The zero-order valence-corrected chi connectivity index (χ0v) is 18.7. The number of para-hydroxylation sites is 1. The number of anilines is 1. The van der Waals surface area contributed by atoms with Crippen LogP contribution in [0.1, 0.15) is 28.8 Å². The molecule has 9 heteroatoms. The Hall–Kier alpha value is -3.93. The number of rotatable bonds is 6. The van der Waals surface area contributed by atoms with Crippen molar-refractivity contribution >= 4 is 34.2 Å². The summed E-state index contributed by atoms with van der Waals surface area (Å²) in [6, 6.07) is 14.3. The normalized spacial score (nSPS) is 17.8. The molecule has 2 N–H and O–H groups in total. The molecule has 0 saturated carbocycles. The van der Waals surface area contributed by atoms with Gasteiger partial charge in [0.2, 0.25) is 0 Å². The molecule has 0 unspecified atom stereocenters. The first kappa shape index (κ1) is 21.9. The highest BCUT2D eigenvalue weighted by atomic mass is 35.5. The van der Waals surface area contributed by atoms with Crippen LogP contribution in [0.2, 0.25) is 5.02 Å². The van der Waals surface area contributed by atoms with Crippen molar-refractivity contribution < 1.29 is 14.3 Å². The lowest BCUT2D eigenvalue weighted by Crippen LogP contribution is -2.33. The number of benzene rings is 2. The number of H-pyrrole nitrogens is 1. The Bertz CT molecular complexity index is 1370. The number of aromatic nitrogens is 3. The van der Waals surface area contributed by atoms with Crippen LogP contribution in [-0.2, 0) is 4.74 Å². The number of carbonyl (C=O) groups is 1. The van der Waals surface area contributed by atoms with Gasteiger partial charge in [-0.25, -0.2) is 16.5 Å². The Kier molecular flexibility index (Phi) is 6.12. The molecule has 1 saturated heterocycles. The van der Waals surface area contributed by atoms with Gasteiger partial charge in [0.25, 0.3) is 0 Å². The van der Waals surface area contributed by atoms with Gasteiger partial charge in [0.1, 0.15) is 29.3 Å². The van der Waals surface area contributed by atoms with E-state index in [9.17, 15) is 4.79 Å². The Morgan fingerprint density at radius 3 is 2.74 bits per heavy atom. The van der Waals surface area contributed by atoms with Crippen molar-refractivity contribution in [3.05, 3.63) is 88.6 Å². The number of hydrogen-bond acceptors (Lipinski definition) is 6. The lowest BCUT2D eigenvalue weighted by molar-refractivity contribution is 0.0374. The molecular weight excluding hydrogens is 454 g/mol. The van der Waals surface area contributed by atoms with E-state index in [1.807, 2.05) is 30.3 Å². The maximum atomic E-state index is 13.5. The van der Waals surface area contributed by atoms with Gasteiger partial charge in [-0.2, -0.15) is 0 Å². The Balaban J connectivity index is 1.41. The molecule has 2 aromatic heterocycles. The van der Waals surface area contributed by atoms with Crippen LogP contribution in [0.25, 0.3) is 15.9 Å². The second kappa shape index (κ2) is 9.51. The maximum absolute atomic E-state index is 13.5. The molecule has 5 rings (SSSR count). The summed E-state index contributed by atoms with van der Waals surface area (Å²) in [6.07, 6.45) is 4.06. The van der Waals surface area contributed by atoms with Crippen LogP contribution < -0.4 is 10.1 Å². The third kappa shape index (κ3) is 4.44. The van der Waals surface area contributed by atoms with Crippen LogP contribution in [0.3, 0.4) is 0 Å². The first-order chi connectivity index (χ1) is 16.6. The van der Waals surface area contributed by atoms with Crippen LogP contribution in [-0.4, -0.2) is 39.6 Å². The average molecular weight is 474 g/mol. The molecule has 8 nitrogen and oxygen atoms in total. The van der Waals surface area contributed by atoms with Gasteiger partial charge in [-0.3, -0.25) is 9.64 Å². The Labute approximate surface area is 200 Å². The fourth-order valence-electron chi connectivity index (χ4n) is 3.91. The zero-order valence-electron chi connectivity index (χ0n) is 18.0. The second-order valence-corrected chi connectivity index (χ2v) is 8.28. The third-order valence-corrected chi connectivity index (χ3v) is 5.93. The minimum Gasteiger partial charge on any atom is -0.457 e. The van der Waals surface area contributed by atoms with Crippen LogP contribution in [0.15, 0.2) is 61.1 Å². The zero-order chi connectivity index (χ0) is 23.5. The predicted octanol–water partition coefficient (Wildman–Crippen LogP) is 5.47. The maximum Gasteiger partial charge on any atom is 0.327 e. The fraction of sp³-hybridized carbons (Fsp3) is 0.200. The van der Waals surface area contributed by atoms with E-state index in [2.05, 4.69) is 25.1 Å². The summed E-state index contributed by atoms with van der Waals surface area (Å²) < 4.78 is 11.4. The van der Waals surface area contributed by atoms with Gasteiger partial charge in [-0.05, 0) is 30.7 Å². The molecule has 34 heavy (non-hydrogen) atoms. The number of ketones is 1. The molecule has 2 aromatic carbocycles. The molecule has 3 heterocycles. The summed E-state index contributed by atoms with van der Waals surface area (Å²) in [5.74, 6) is 1.49. The van der Waals surface area contributed by atoms with Gasteiger partial charge >= 0.3 is 6.23 Å². The summed E-state index contributed by atoms with van der Waals surface area (Å²) >= 11 is 6.48. The lowest BCUT2D eigenvalue weighted by atomic mass is 10.0. The molecule has 4 aromatic rings. The first-order valence-corrected chi connectivity index (χ1v) is 11.1. The number of nitrogens with one attached hydrogen (secondary N) is 2. The molecule has 0 bridgehead atoms. The van der Waals surface area contributed by atoms with Gasteiger partial charge in [0.05, 0.1) is 35.0 Å². The summed E-state index contributed by atoms with van der Waals surface area (Å²) in [5.41, 5.74) is 1.29. The summed E-state index contributed by atoms with van der Waals surface area (Å²) in [6.45, 7) is 7.50. The van der Waals surface area contributed by atoms with Gasteiger partial charge in [-0.1, -0.05) is 29.8 Å². The van der Waals surface area contributed by atoms with Crippen LogP contribution in [0.5, 0.6) is 11.5 Å². The number of nitrogens with zero attached hydrogens (tertiary/aromatic N) is 3. The molecule has 1 aliphatic heterocycles. The van der Waals surface area contributed by atoms with Crippen molar-refractivity contribution in [3.63, 3.8) is 0 Å². The van der Waals surface area contributed by atoms with Gasteiger partial charge in [-0.15, -0.1) is 0 Å². The van der Waals surface area contributed by atoms with E-state index in [4.69, 9.17) is 27.6 Å². The minimum atomic E-state index is -0.399. The third-order valence-electron chi connectivity index (χ3n) is 5.62. The smallest absolute Gasteiger partial charge is 0.327 e. The van der Waals surface area contributed by atoms with Crippen LogP contribution in [0.4, 0.5) is 5.82 Å².